The molecule has 1 saturated carbocycles. The quantitative estimate of drug-likeness (QED) is 0.290. The molecule has 0 saturated heterocycles. The minimum atomic E-state index is -0.628. The lowest BCUT2D eigenvalue weighted by Crippen LogP contribution is -2.25. The maximum absolute atomic E-state index is 11.6. The van der Waals surface area contributed by atoms with Gasteiger partial charge in [-0.15, -0.1) is 6.58 Å². The molecular formula is C9H15BNO3. The van der Waals surface area contributed by atoms with Crippen molar-refractivity contribution in [2.75, 3.05) is 13.3 Å². The first-order valence-electron chi connectivity index (χ1n) is 4.67. The number of carbonyl (C=O) groups excluding carboxylic acids is 1. The molecule has 0 amide bonds. The monoisotopic (exact) mass is 196 g/mol. The Labute approximate surface area is 84.7 Å². The van der Waals surface area contributed by atoms with Crippen molar-refractivity contribution in [1.82, 2.24) is 0 Å². The van der Waals surface area contributed by atoms with E-state index in [1.54, 1.807) is 13.0 Å². The highest BCUT2D eigenvalue weighted by molar-refractivity contribution is 6.42. The Bertz CT molecular complexity index is 234. The number of rotatable bonds is 6. The highest BCUT2D eigenvalue weighted by Gasteiger charge is 2.60. The topological polar surface area (TPSA) is 61.5 Å². The summed E-state index contributed by atoms with van der Waals surface area (Å²) >= 11 is 0. The number of ether oxygens (including phenoxy) is 1. The summed E-state index contributed by atoms with van der Waals surface area (Å²) in [4.78, 5) is 11.6. The van der Waals surface area contributed by atoms with Gasteiger partial charge in [0.1, 0.15) is 0 Å². The second-order valence-corrected chi connectivity index (χ2v) is 3.26. The normalized spacial score (nSPS) is 29.4. The molecular weight excluding hydrogens is 181 g/mol. The Morgan fingerprint density at radius 1 is 1.86 bits per heavy atom. The maximum atomic E-state index is 11.6. The zero-order valence-electron chi connectivity index (χ0n) is 8.36. The summed E-state index contributed by atoms with van der Waals surface area (Å²) in [5.74, 6) is -0.133. The molecule has 4 nitrogen and oxygen atoms in total. The molecule has 77 valence electrons. The first-order valence-corrected chi connectivity index (χ1v) is 4.67. The lowest BCUT2D eigenvalue weighted by molar-refractivity contribution is -0.144. The first kappa shape index (κ1) is 11.3. The number of nitrogens with two attached hydrogens (primary N) is 1. The van der Waals surface area contributed by atoms with Gasteiger partial charge in [-0.05, 0) is 19.3 Å². The van der Waals surface area contributed by atoms with Crippen molar-refractivity contribution in [1.29, 1.82) is 0 Å². The highest BCUT2D eigenvalue weighted by atomic mass is 16.5. The van der Waals surface area contributed by atoms with Crippen LogP contribution in [0, 0.1) is 5.92 Å². The Kier molecular flexibility index (Phi) is 3.72. The highest BCUT2D eigenvalue weighted by Crippen LogP contribution is 2.60. The van der Waals surface area contributed by atoms with Gasteiger partial charge in [-0.3, -0.25) is 4.79 Å². The van der Waals surface area contributed by atoms with E-state index in [1.807, 2.05) is 0 Å². The van der Waals surface area contributed by atoms with Crippen molar-refractivity contribution in [3.8, 4) is 0 Å². The van der Waals surface area contributed by atoms with Gasteiger partial charge >= 0.3 is 13.5 Å². The molecule has 0 heterocycles. The summed E-state index contributed by atoms with van der Waals surface area (Å²) in [6.45, 7) is 5.88. The van der Waals surface area contributed by atoms with Crippen LogP contribution in [0.2, 0.25) is 5.31 Å². The molecule has 2 unspecified atom stereocenters. The predicted octanol–water partition coefficient (Wildman–Crippen LogP) is 0.466. The fraction of sp³-hybridized carbons (Fsp3) is 0.667. The third-order valence-electron chi connectivity index (χ3n) is 2.39. The second kappa shape index (κ2) is 4.62. The van der Waals surface area contributed by atoms with Crippen molar-refractivity contribution >= 4 is 13.5 Å². The standard InChI is InChI=1S/C9H15BNO3/c1-3-7-5-9(7,10-14-6-11)8(12)13-4-2/h3,7H,1,4-6,11H2,2H3. The molecule has 0 aromatic carbocycles. The van der Waals surface area contributed by atoms with E-state index in [2.05, 4.69) is 6.58 Å². The Hall–Kier alpha value is -0.805. The van der Waals surface area contributed by atoms with Crippen LogP contribution >= 0.6 is 0 Å². The third-order valence-corrected chi connectivity index (χ3v) is 2.39. The number of hydrogen-bond acceptors (Lipinski definition) is 4. The largest absolute Gasteiger partial charge is 0.466 e. The first-order chi connectivity index (χ1) is 6.71. The molecule has 2 atom stereocenters. The van der Waals surface area contributed by atoms with Crippen LogP contribution < -0.4 is 5.73 Å². The van der Waals surface area contributed by atoms with E-state index >= 15 is 0 Å². The van der Waals surface area contributed by atoms with E-state index in [1.165, 1.54) is 7.48 Å². The van der Waals surface area contributed by atoms with E-state index in [0.717, 1.165) is 0 Å². The SMILES string of the molecule is C=CC1CC1([B]OCN)C(=O)OCC. The third kappa shape index (κ3) is 1.99. The van der Waals surface area contributed by atoms with Gasteiger partial charge in [-0.2, -0.15) is 0 Å². The van der Waals surface area contributed by atoms with Gasteiger partial charge in [0, 0.05) is 0 Å². The maximum Gasteiger partial charge on any atom is 0.313 e. The van der Waals surface area contributed by atoms with E-state index in [0.29, 0.717) is 13.0 Å². The zero-order valence-corrected chi connectivity index (χ0v) is 8.36. The summed E-state index contributed by atoms with van der Waals surface area (Å²) in [7, 11) is 1.48. The van der Waals surface area contributed by atoms with Crippen LogP contribution in [0.25, 0.3) is 0 Å². The molecule has 1 rings (SSSR count). The van der Waals surface area contributed by atoms with Crippen molar-refractivity contribution in [2.24, 2.45) is 11.7 Å². The molecule has 5 heteroatoms. The van der Waals surface area contributed by atoms with Gasteiger partial charge in [0.2, 0.25) is 0 Å². The Morgan fingerprint density at radius 3 is 3.00 bits per heavy atom. The second-order valence-electron chi connectivity index (χ2n) is 3.26. The van der Waals surface area contributed by atoms with Gasteiger partial charge in [0.15, 0.2) is 0 Å². The van der Waals surface area contributed by atoms with Crippen LogP contribution in [0.5, 0.6) is 0 Å². The van der Waals surface area contributed by atoms with E-state index < -0.39 is 5.31 Å². The number of allylic oxidation sites excluding steroid dienone is 1. The Balaban J connectivity index is 2.55. The average molecular weight is 196 g/mol. The molecule has 0 spiro atoms. The van der Waals surface area contributed by atoms with E-state index in [9.17, 15) is 4.79 Å². The molecule has 1 aliphatic rings. The zero-order chi connectivity index (χ0) is 10.6. The van der Waals surface area contributed by atoms with Crippen molar-refractivity contribution in [3.63, 3.8) is 0 Å². The van der Waals surface area contributed by atoms with Crippen LogP contribution in [0.1, 0.15) is 13.3 Å². The molecule has 1 fully saturated rings. The van der Waals surface area contributed by atoms with Gasteiger partial charge in [0.25, 0.3) is 0 Å². The lowest BCUT2D eigenvalue weighted by Gasteiger charge is -2.12. The number of hydrogen-bond donors (Lipinski definition) is 1. The van der Waals surface area contributed by atoms with Crippen LogP contribution in [-0.4, -0.2) is 26.8 Å². The number of esters is 1. The van der Waals surface area contributed by atoms with E-state index in [4.69, 9.17) is 15.1 Å². The van der Waals surface area contributed by atoms with Gasteiger partial charge in [-0.1, -0.05) is 6.08 Å². The number of carbonyl (C=O) groups is 1. The van der Waals surface area contributed by atoms with Crippen molar-refractivity contribution in [3.05, 3.63) is 12.7 Å². The summed E-state index contributed by atoms with van der Waals surface area (Å²) in [6.07, 6.45) is 2.45. The van der Waals surface area contributed by atoms with Crippen LogP contribution in [0.4, 0.5) is 0 Å². The molecule has 1 radical (unpaired) electrons. The fourth-order valence-electron chi connectivity index (χ4n) is 1.48. The van der Waals surface area contributed by atoms with Crippen molar-refractivity contribution < 1.29 is 14.2 Å². The van der Waals surface area contributed by atoms with Crippen molar-refractivity contribution in [2.45, 2.75) is 18.7 Å². The predicted molar refractivity (Wildman–Crippen MR) is 53.5 cm³/mol. The summed E-state index contributed by atoms with van der Waals surface area (Å²) in [5, 5.41) is -0.628. The average Bonchev–Trinajstić information content (AvgIpc) is 2.90. The smallest absolute Gasteiger partial charge is 0.313 e. The van der Waals surface area contributed by atoms with Gasteiger partial charge in [-0.25, -0.2) is 0 Å². The van der Waals surface area contributed by atoms with Crippen LogP contribution in [0.3, 0.4) is 0 Å². The van der Waals surface area contributed by atoms with E-state index in [-0.39, 0.29) is 18.6 Å². The van der Waals surface area contributed by atoms with Gasteiger partial charge < -0.3 is 15.1 Å². The molecule has 0 aliphatic heterocycles. The van der Waals surface area contributed by atoms with Crippen LogP contribution in [-0.2, 0) is 14.2 Å². The molecule has 1 aliphatic carbocycles. The molecule has 0 aromatic heterocycles. The summed E-state index contributed by atoms with van der Waals surface area (Å²) in [6, 6.07) is 0. The lowest BCUT2D eigenvalue weighted by atomic mass is 9.74. The molecule has 14 heavy (non-hydrogen) atoms. The summed E-state index contributed by atoms with van der Waals surface area (Å²) < 4.78 is 9.92. The molecule has 0 aromatic rings. The van der Waals surface area contributed by atoms with Crippen LogP contribution in [0.15, 0.2) is 12.7 Å². The minimum Gasteiger partial charge on any atom is -0.466 e. The Morgan fingerprint density at radius 2 is 2.57 bits per heavy atom. The molecule has 2 N–H and O–H groups in total. The minimum absolute atomic E-state index is 0.0744. The fourth-order valence-corrected chi connectivity index (χ4v) is 1.48. The van der Waals surface area contributed by atoms with Gasteiger partial charge in [0.05, 0.1) is 18.7 Å². The molecule has 0 bridgehead atoms. The summed E-state index contributed by atoms with van der Waals surface area (Å²) in [5.41, 5.74) is 5.19.